The molecule has 2 aromatic carbocycles. The van der Waals surface area contributed by atoms with Crippen LogP contribution in [0.4, 0.5) is 17.6 Å². The highest BCUT2D eigenvalue weighted by Gasteiger charge is 2.45. The topological polar surface area (TPSA) is 43.0 Å². The minimum absolute atomic E-state index is 0.127. The average molecular weight is 465 g/mol. The van der Waals surface area contributed by atoms with Gasteiger partial charge in [-0.2, -0.15) is 13.2 Å². The van der Waals surface area contributed by atoms with E-state index in [0.29, 0.717) is 11.1 Å². The SMILES string of the molecule is [C-]#[N+]C1=C(Cc2ccc(Cl)cc2)N=C(C)C(C(=O)OC)C1c1ccc(F)cc1C(F)(F)F. The van der Waals surface area contributed by atoms with E-state index < -0.39 is 35.4 Å². The van der Waals surface area contributed by atoms with Crippen LogP contribution in [0.25, 0.3) is 4.85 Å². The van der Waals surface area contributed by atoms with Gasteiger partial charge in [0.2, 0.25) is 0 Å². The second-order valence-electron chi connectivity index (χ2n) is 7.21. The Hall–Kier alpha value is -3.18. The van der Waals surface area contributed by atoms with Gasteiger partial charge in [0.15, 0.2) is 5.70 Å². The molecule has 0 aromatic heterocycles. The lowest BCUT2D eigenvalue weighted by Crippen LogP contribution is -2.34. The standard InChI is InChI=1S/C23H17ClF4N2O2/c1-12-19(22(31)32-3)20(16-9-8-15(25)11-17(16)23(26,27)28)21(29-2)18(30-12)10-13-4-6-14(24)7-5-13/h4-9,11,19-20H,10H2,1,3H3. The zero-order valence-electron chi connectivity index (χ0n) is 17.0. The lowest BCUT2D eigenvalue weighted by Gasteiger charge is -2.31. The van der Waals surface area contributed by atoms with E-state index in [2.05, 4.69) is 9.84 Å². The summed E-state index contributed by atoms with van der Waals surface area (Å²) in [6.45, 7) is 9.19. The predicted octanol–water partition coefficient (Wildman–Crippen LogP) is 6.22. The van der Waals surface area contributed by atoms with Crippen LogP contribution in [0.3, 0.4) is 0 Å². The number of carbonyl (C=O) groups is 1. The van der Waals surface area contributed by atoms with Gasteiger partial charge in [-0.05, 0) is 42.3 Å². The molecule has 166 valence electrons. The van der Waals surface area contributed by atoms with Gasteiger partial charge in [0.05, 0.1) is 25.2 Å². The molecule has 4 nitrogen and oxygen atoms in total. The molecule has 9 heteroatoms. The molecule has 32 heavy (non-hydrogen) atoms. The highest BCUT2D eigenvalue weighted by Crippen LogP contribution is 2.45. The Morgan fingerprint density at radius 3 is 2.44 bits per heavy atom. The molecule has 0 bridgehead atoms. The van der Waals surface area contributed by atoms with Crippen LogP contribution < -0.4 is 0 Å². The summed E-state index contributed by atoms with van der Waals surface area (Å²) in [5.41, 5.74) is -0.607. The number of hydrogen-bond donors (Lipinski definition) is 0. The van der Waals surface area contributed by atoms with Gasteiger partial charge in [-0.1, -0.05) is 29.8 Å². The Balaban J connectivity index is 2.25. The summed E-state index contributed by atoms with van der Waals surface area (Å²) in [5, 5.41) is 0.501. The van der Waals surface area contributed by atoms with Crippen LogP contribution in [0, 0.1) is 18.3 Å². The van der Waals surface area contributed by atoms with Gasteiger partial charge in [0.1, 0.15) is 5.82 Å². The second kappa shape index (κ2) is 9.13. The Kier molecular flexibility index (Phi) is 6.70. The molecule has 0 spiro atoms. The maximum Gasteiger partial charge on any atom is 0.416 e. The molecule has 0 N–H and O–H groups in total. The van der Waals surface area contributed by atoms with E-state index in [0.717, 1.165) is 24.8 Å². The van der Waals surface area contributed by atoms with E-state index in [1.54, 1.807) is 24.3 Å². The van der Waals surface area contributed by atoms with E-state index in [1.807, 2.05) is 0 Å². The van der Waals surface area contributed by atoms with Crippen molar-refractivity contribution in [3.8, 4) is 0 Å². The molecule has 1 aliphatic rings. The van der Waals surface area contributed by atoms with Crippen LogP contribution in [0.2, 0.25) is 5.02 Å². The summed E-state index contributed by atoms with van der Waals surface area (Å²) < 4.78 is 59.9. The van der Waals surface area contributed by atoms with Crippen molar-refractivity contribution in [2.75, 3.05) is 7.11 Å². The summed E-state index contributed by atoms with van der Waals surface area (Å²) in [4.78, 5) is 20.4. The van der Waals surface area contributed by atoms with Crippen LogP contribution in [0.5, 0.6) is 0 Å². The average Bonchev–Trinajstić information content (AvgIpc) is 2.74. The van der Waals surface area contributed by atoms with E-state index in [4.69, 9.17) is 22.9 Å². The van der Waals surface area contributed by atoms with Crippen LogP contribution in [0.15, 0.2) is 58.9 Å². The van der Waals surface area contributed by atoms with Gasteiger partial charge in [-0.3, -0.25) is 9.79 Å². The number of ether oxygens (including phenoxy) is 1. The first-order chi connectivity index (χ1) is 15.1. The number of halogens is 5. The summed E-state index contributed by atoms with van der Waals surface area (Å²) in [5.74, 6) is -4.51. The molecular weight excluding hydrogens is 448 g/mol. The van der Waals surface area contributed by atoms with Crippen molar-refractivity contribution in [1.82, 2.24) is 0 Å². The molecule has 0 aliphatic carbocycles. The van der Waals surface area contributed by atoms with Crippen molar-refractivity contribution in [2.24, 2.45) is 10.9 Å². The van der Waals surface area contributed by atoms with E-state index in [9.17, 15) is 22.4 Å². The molecule has 3 rings (SSSR count). The monoisotopic (exact) mass is 464 g/mol. The van der Waals surface area contributed by atoms with Gasteiger partial charge in [0.25, 0.3) is 0 Å². The minimum Gasteiger partial charge on any atom is -0.469 e. The first kappa shape index (κ1) is 23.5. The fourth-order valence-corrected chi connectivity index (χ4v) is 3.91. The number of hydrogen-bond acceptors (Lipinski definition) is 3. The number of esters is 1. The molecule has 1 heterocycles. The number of allylic oxidation sites excluding steroid dienone is 2. The second-order valence-corrected chi connectivity index (χ2v) is 7.64. The highest BCUT2D eigenvalue weighted by atomic mass is 35.5. The zero-order chi connectivity index (χ0) is 23.6. The van der Waals surface area contributed by atoms with E-state index in [1.165, 1.54) is 6.92 Å². The van der Waals surface area contributed by atoms with Gasteiger partial charge in [-0.15, -0.1) is 0 Å². The predicted molar refractivity (Wildman–Crippen MR) is 112 cm³/mol. The molecule has 0 saturated carbocycles. The Morgan fingerprint density at radius 2 is 1.88 bits per heavy atom. The quantitative estimate of drug-likeness (QED) is 0.306. The fraction of sp³-hybridized carbons (Fsp3) is 0.261. The van der Waals surface area contributed by atoms with Gasteiger partial charge in [0, 0.05) is 28.8 Å². The van der Waals surface area contributed by atoms with Crippen molar-refractivity contribution in [3.05, 3.63) is 92.8 Å². The first-order valence-electron chi connectivity index (χ1n) is 9.41. The number of benzene rings is 2. The summed E-state index contributed by atoms with van der Waals surface area (Å²) in [6.07, 6.45) is -4.76. The number of aliphatic imine (C=N–C) groups is 1. The normalized spacial score (nSPS) is 18.8. The fourth-order valence-electron chi connectivity index (χ4n) is 3.78. The van der Waals surface area contributed by atoms with Crippen LogP contribution in [0.1, 0.15) is 29.5 Å². The van der Waals surface area contributed by atoms with Crippen LogP contribution >= 0.6 is 11.6 Å². The molecule has 0 radical (unpaired) electrons. The van der Waals surface area contributed by atoms with Crippen LogP contribution in [-0.4, -0.2) is 18.8 Å². The largest absolute Gasteiger partial charge is 0.469 e. The molecule has 1 aliphatic heterocycles. The summed E-state index contributed by atoms with van der Waals surface area (Å²) in [7, 11) is 1.10. The molecule has 0 amide bonds. The maximum absolute atomic E-state index is 13.8. The van der Waals surface area contributed by atoms with Gasteiger partial charge < -0.3 is 4.74 Å². The molecule has 2 atom stereocenters. The van der Waals surface area contributed by atoms with E-state index in [-0.39, 0.29) is 29.1 Å². The molecule has 2 aromatic rings. The number of carbonyl (C=O) groups excluding carboxylic acids is 1. The molecule has 2 unspecified atom stereocenters. The number of rotatable bonds is 4. The van der Waals surface area contributed by atoms with Gasteiger partial charge in [-0.25, -0.2) is 9.24 Å². The Morgan fingerprint density at radius 1 is 1.22 bits per heavy atom. The minimum atomic E-state index is -4.90. The third kappa shape index (κ3) is 4.68. The molecule has 0 saturated heterocycles. The third-order valence-corrected chi connectivity index (χ3v) is 5.45. The summed E-state index contributed by atoms with van der Waals surface area (Å²) >= 11 is 5.90. The third-order valence-electron chi connectivity index (χ3n) is 5.20. The lowest BCUT2D eigenvalue weighted by molar-refractivity contribution is -0.144. The van der Waals surface area contributed by atoms with Crippen LogP contribution in [-0.2, 0) is 22.1 Å². The highest BCUT2D eigenvalue weighted by molar-refractivity contribution is 6.30. The van der Waals surface area contributed by atoms with Crippen molar-refractivity contribution in [3.63, 3.8) is 0 Å². The maximum atomic E-state index is 13.8. The number of alkyl halides is 3. The van der Waals surface area contributed by atoms with Crippen molar-refractivity contribution in [2.45, 2.75) is 25.4 Å². The smallest absolute Gasteiger partial charge is 0.416 e. The number of methoxy groups -OCH3 is 1. The first-order valence-corrected chi connectivity index (χ1v) is 9.79. The lowest BCUT2D eigenvalue weighted by atomic mass is 9.76. The van der Waals surface area contributed by atoms with E-state index >= 15 is 0 Å². The number of nitrogens with zero attached hydrogens (tertiary/aromatic N) is 2. The van der Waals surface area contributed by atoms with Gasteiger partial charge >= 0.3 is 12.1 Å². The summed E-state index contributed by atoms with van der Waals surface area (Å²) in [6, 6.07) is 8.91. The van der Waals surface area contributed by atoms with Crippen molar-refractivity contribution in [1.29, 1.82) is 0 Å². The Labute approximate surface area is 187 Å². The van der Waals surface area contributed by atoms with Crippen molar-refractivity contribution < 1.29 is 27.1 Å². The zero-order valence-corrected chi connectivity index (χ0v) is 17.8. The Bertz CT molecular complexity index is 1150. The van der Waals surface area contributed by atoms with Crippen molar-refractivity contribution >= 4 is 23.3 Å². The molecule has 0 fully saturated rings. The molecular formula is C23H17ClF4N2O2.